The zero-order valence-electron chi connectivity index (χ0n) is 15.8. The Labute approximate surface area is 174 Å². The first-order chi connectivity index (χ1) is 14.1. The van der Waals surface area contributed by atoms with Gasteiger partial charge in [0.15, 0.2) is 0 Å². The molecular weight excluding hydrogens is 389 g/mol. The monoisotopic (exact) mass is 409 g/mol. The second-order valence-corrected chi connectivity index (χ2v) is 7.45. The van der Waals surface area contributed by atoms with E-state index in [9.17, 15) is 9.18 Å². The molecule has 4 nitrogen and oxygen atoms in total. The van der Waals surface area contributed by atoms with Crippen molar-refractivity contribution in [2.45, 2.75) is 6.04 Å². The molecule has 3 aromatic rings. The molecule has 2 aromatic carbocycles. The van der Waals surface area contributed by atoms with E-state index < -0.39 is 0 Å². The first-order valence-corrected chi connectivity index (χ1v) is 9.95. The number of carbonyl (C=O) groups excluding carboxylic acids is 1. The van der Waals surface area contributed by atoms with Crippen LogP contribution in [0.15, 0.2) is 72.9 Å². The Morgan fingerprint density at radius 1 is 0.897 bits per heavy atom. The van der Waals surface area contributed by atoms with Gasteiger partial charge in [-0.1, -0.05) is 54.1 Å². The number of pyridine rings is 1. The molecule has 0 saturated carbocycles. The minimum atomic E-state index is -0.243. The van der Waals surface area contributed by atoms with Crippen molar-refractivity contribution in [1.82, 2.24) is 14.8 Å². The van der Waals surface area contributed by atoms with Crippen molar-refractivity contribution < 1.29 is 9.18 Å². The molecule has 0 spiro atoms. The Balaban J connectivity index is 1.51. The fraction of sp³-hybridized carbons (Fsp3) is 0.217. The number of benzene rings is 2. The Kier molecular flexibility index (Phi) is 5.88. The first-order valence-electron chi connectivity index (χ1n) is 9.57. The van der Waals surface area contributed by atoms with Gasteiger partial charge in [-0.15, -0.1) is 0 Å². The Morgan fingerprint density at radius 2 is 1.55 bits per heavy atom. The summed E-state index contributed by atoms with van der Waals surface area (Å²) in [4.78, 5) is 20.9. The van der Waals surface area contributed by atoms with Crippen LogP contribution >= 0.6 is 11.6 Å². The molecule has 1 amide bonds. The number of hydrogen-bond donors (Lipinski definition) is 0. The van der Waals surface area contributed by atoms with E-state index >= 15 is 0 Å². The largest absolute Gasteiger partial charge is 0.336 e. The zero-order chi connectivity index (χ0) is 20.2. The SMILES string of the molecule is O=C(c1ccc(Cl)nc1)N1CCN(C(c2ccccc2)c2ccc(F)cc2)CC1. The normalized spacial score (nSPS) is 15.9. The van der Waals surface area contributed by atoms with E-state index in [0.29, 0.717) is 23.8 Å². The quantitative estimate of drug-likeness (QED) is 0.598. The molecule has 2 heterocycles. The van der Waals surface area contributed by atoms with Gasteiger partial charge >= 0.3 is 0 Å². The number of halogens is 2. The number of aromatic nitrogens is 1. The molecule has 0 radical (unpaired) electrons. The summed E-state index contributed by atoms with van der Waals surface area (Å²) in [5, 5.41) is 0.372. The number of nitrogens with zero attached hydrogens (tertiary/aromatic N) is 3. The van der Waals surface area contributed by atoms with Gasteiger partial charge in [0.05, 0.1) is 11.6 Å². The van der Waals surface area contributed by atoms with Gasteiger partial charge in [0.25, 0.3) is 5.91 Å². The molecule has 4 rings (SSSR count). The zero-order valence-corrected chi connectivity index (χ0v) is 16.6. The molecule has 1 fully saturated rings. The molecule has 1 aliphatic heterocycles. The van der Waals surface area contributed by atoms with E-state index in [-0.39, 0.29) is 17.8 Å². The van der Waals surface area contributed by atoms with Gasteiger partial charge in [-0.3, -0.25) is 9.69 Å². The highest BCUT2D eigenvalue weighted by Gasteiger charge is 2.28. The Morgan fingerprint density at radius 3 is 2.17 bits per heavy atom. The molecular formula is C23H21ClFN3O. The summed E-state index contributed by atoms with van der Waals surface area (Å²) in [6.07, 6.45) is 1.52. The third-order valence-corrected chi connectivity index (χ3v) is 5.47. The van der Waals surface area contributed by atoms with Crippen molar-refractivity contribution in [3.63, 3.8) is 0 Å². The topological polar surface area (TPSA) is 36.4 Å². The lowest BCUT2D eigenvalue weighted by Crippen LogP contribution is -2.49. The van der Waals surface area contributed by atoms with Crippen molar-refractivity contribution in [3.05, 3.63) is 101 Å². The van der Waals surface area contributed by atoms with Crippen molar-refractivity contribution in [3.8, 4) is 0 Å². The summed E-state index contributed by atoms with van der Waals surface area (Å²) >= 11 is 5.82. The van der Waals surface area contributed by atoms with Crippen LogP contribution in [0.4, 0.5) is 4.39 Å². The van der Waals surface area contributed by atoms with Gasteiger partial charge in [0.2, 0.25) is 0 Å². The summed E-state index contributed by atoms with van der Waals surface area (Å²) < 4.78 is 13.4. The molecule has 0 N–H and O–H groups in total. The minimum Gasteiger partial charge on any atom is -0.336 e. The van der Waals surface area contributed by atoms with Crippen LogP contribution in [0, 0.1) is 5.82 Å². The average molecular weight is 410 g/mol. The lowest BCUT2D eigenvalue weighted by Gasteiger charge is -2.39. The van der Waals surface area contributed by atoms with E-state index in [4.69, 9.17) is 11.6 Å². The number of rotatable bonds is 4. The van der Waals surface area contributed by atoms with Gasteiger partial charge in [0, 0.05) is 32.4 Å². The van der Waals surface area contributed by atoms with Gasteiger partial charge in [0.1, 0.15) is 11.0 Å². The van der Waals surface area contributed by atoms with Crippen LogP contribution in [0.5, 0.6) is 0 Å². The molecule has 1 aliphatic rings. The predicted molar refractivity (Wildman–Crippen MR) is 111 cm³/mol. The fourth-order valence-corrected chi connectivity index (χ4v) is 3.87. The fourth-order valence-electron chi connectivity index (χ4n) is 3.76. The highest BCUT2D eigenvalue weighted by molar-refractivity contribution is 6.29. The van der Waals surface area contributed by atoms with Crippen LogP contribution in [0.1, 0.15) is 27.5 Å². The summed E-state index contributed by atoms with van der Waals surface area (Å²) in [6, 6.07) is 20.2. The molecule has 0 bridgehead atoms. The van der Waals surface area contributed by atoms with Crippen molar-refractivity contribution in [1.29, 1.82) is 0 Å². The molecule has 1 saturated heterocycles. The maximum absolute atomic E-state index is 13.4. The number of amides is 1. The second-order valence-electron chi connectivity index (χ2n) is 7.06. The molecule has 29 heavy (non-hydrogen) atoms. The standard InChI is InChI=1S/C23H21ClFN3O/c24-21-11-8-19(16-26-21)23(29)28-14-12-27(13-15-28)22(17-4-2-1-3-5-17)18-6-9-20(25)10-7-18/h1-11,16,22H,12-15H2. The van der Waals surface area contributed by atoms with Crippen LogP contribution in [-0.2, 0) is 0 Å². The van der Waals surface area contributed by atoms with Gasteiger partial charge in [-0.25, -0.2) is 9.37 Å². The van der Waals surface area contributed by atoms with Crippen LogP contribution in [0.25, 0.3) is 0 Å². The smallest absolute Gasteiger partial charge is 0.255 e. The summed E-state index contributed by atoms with van der Waals surface area (Å²) in [7, 11) is 0. The number of carbonyl (C=O) groups is 1. The van der Waals surface area contributed by atoms with Crippen LogP contribution < -0.4 is 0 Å². The molecule has 1 aromatic heterocycles. The molecule has 0 aliphatic carbocycles. The number of piperazine rings is 1. The van der Waals surface area contributed by atoms with Crippen molar-refractivity contribution in [2.24, 2.45) is 0 Å². The van der Waals surface area contributed by atoms with Gasteiger partial charge in [-0.2, -0.15) is 0 Å². The van der Waals surface area contributed by atoms with E-state index in [1.54, 1.807) is 12.1 Å². The van der Waals surface area contributed by atoms with Crippen LogP contribution in [0.3, 0.4) is 0 Å². The second kappa shape index (κ2) is 8.72. The first kappa shape index (κ1) is 19.6. The minimum absolute atomic E-state index is 0.0197. The van der Waals surface area contributed by atoms with Crippen LogP contribution in [-0.4, -0.2) is 46.9 Å². The van der Waals surface area contributed by atoms with E-state index in [0.717, 1.165) is 24.2 Å². The Bertz CT molecular complexity index is 956. The maximum atomic E-state index is 13.4. The lowest BCUT2D eigenvalue weighted by molar-refractivity contribution is 0.0597. The summed E-state index contributed by atoms with van der Waals surface area (Å²) in [5.74, 6) is -0.278. The maximum Gasteiger partial charge on any atom is 0.255 e. The van der Waals surface area contributed by atoms with E-state index in [1.165, 1.54) is 18.3 Å². The lowest BCUT2D eigenvalue weighted by atomic mass is 9.96. The summed E-state index contributed by atoms with van der Waals surface area (Å²) in [6.45, 7) is 2.69. The molecule has 6 heteroatoms. The molecule has 1 unspecified atom stereocenters. The summed E-state index contributed by atoms with van der Waals surface area (Å²) in [5.41, 5.74) is 2.74. The van der Waals surface area contributed by atoms with Gasteiger partial charge in [-0.05, 0) is 35.4 Å². The van der Waals surface area contributed by atoms with E-state index in [2.05, 4.69) is 22.0 Å². The predicted octanol–water partition coefficient (Wildman–Crippen LogP) is 4.42. The third kappa shape index (κ3) is 4.47. The van der Waals surface area contributed by atoms with Crippen LogP contribution in [0.2, 0.25) is 5.15 Å². The van der Waals surface area contributed by atoms with Gasteiger partial charge < -0.3 is 4.90 Å². The highest BCUT2D eigenvalue weighted by Crippen LogP contribution is 2.30. The van der Waals surface area contributed by atoms with E-state index in [1.807, 2.05) is 35.2 Å². The highest BCUT2D eigenvalue weighted by atomic mass is 35.5. The molecule has 148 valence electrons. The molecule has 1 atom stereocenters. The van der Waals surface area contributed by atoms with Crippen molar-refractivity contribution >= 4 is 17.5 Å². The Hall–Kier alpha value is -2.76. The average Bonchev–Trinajstić information content (AvgIpc) is 2.77. The third-order valence-electron chi connectivity index (χ3n) is 5.24. The number of hydrogen-bond acceptors (Lipinski definition) is 3. The van der Waals surface area contributed by atoms with Crippen molar-refractivity contribution in [2.75, 3.05) is 26.2 Å².